The lowest BCUT2D eigenvalue weighted by Crippen LogP contribution is -2.41. The number of ketones is 1. The Bertz CT molecular complexity index is 2070. The van der Waals surface area contributed by atoms with Crippen molar-refractivity contribution in [2.45, 2.75) is 84.5 Å². The molecule has 320 valence electrons. The predicted octanol–water partition coefficient (Wildman–Crippen LogP) is 12.0. The molecule has 0 bridgehead atoms. The fraction of sp³-hybridized carbons (Fsp3) is 0.333. The van der Waals surface area contributed by atoms with Crippen molar-refractivity contribution in [3.63, 3.8) is 0 Å². The lowest BCUT2D eigenvalue weighted by atomic mass is 10.0. The normalized spacial score (nSPS) is 17.1. The van der Waals surface area contributed by atoms with Gasteiger partial charge in [-0.1, -0.05) is 63.7 Å². The highest BCUT2D eigenvalue weighted by Crippen LogP contribution is 2.36. The number of aryl methyl sites for hydroxylation is 1. The number of aromatic hydroxyl groups is 1. The summed E-state index contributed by atoms with van der Waals surface area (Å²) < 4.78 is 20.7. The number of ether oxygens (including phenoxy) is 3. The maximum absolute atomic E-state index is 11.5. The standard InChI is InChI=1S/C11H12BrNO2.C10H9BrO2.C10H11BrO.C6H6BrNO.C3H4Cl2O.C2H3ClO/c1-7-6-13(8(2)14)10-5-9(12)3-4-11(10)15-7;1-6-9(12)5-7-4-8(11)2-3-10(7)13-6;1-7-2-3-8-6-9(11)4-5-10(8)12-7;7-4-1-2-6(9)5(8)3-4;1-2(4)3(5)6;1-2(3)4/h3-5,7H,6H2,1-2H3;2-4,6H,5H2,1H3;4-7H,2-3H2,1H3;1-3,9H,8H2;2H,1H3;1H3. The number of halogens is 7. The van der Waals surface area contributed by atoms with Crippen molar-refractivity contribution >= 4 is 132 Å². The molecule has 3 aliphatic heterocycles. The number of phenolic OH excluding ortho intramolecular Hbond substituents is 1. The van der Waals surface area contributed by atoms with Crippen LogP contribution in [0.1, 0.15) is 59.1 Å². The second-order valence-electron chi connectivity index (χ2n) is 13.1. The molecule has 17 heteroatoms. The van der Waals surface area contributed by atoms with Gasteiger partial charge in [-0.2, -0.15) is 0 Å². The highest BCUT2D eigenvalue weighted by atomic mass is 79.9. The predicted molar refractivity (Wildman–Crippen MR) is 251 cm³/mol. The van der Waals surface area contributed by atoms with E-state index in [0.717, 1.165) is 59.2 Å². The van der Waals surface area contributed by atoms with Crippen molar-refractivity contribution in [2.75, 3.05) is 17.2 Å². The average molecular weight is 1130 g/mol. The second kappa shape index (κ2) is 25.8. The van der Waals surface area contributed by atoms with Crippen molar-refractivity contribution in [1.82, 2.24) is 0 Å². The summed E-state index contributed by atoms with van der Waals surface area (Å²) in [6.07, 6.45) is 2.87. The summed E-state index contributed by atoms with van der Waals surface area (Å²) in [7, 11) is 0. The Morgan fingerprint density at radius 2 is 1.22 bits per heavy atom. The number of carbonyl (C=O) groups is 4. The first-order valence-electron chi connectivity index (χ1n) is 18.0. The molecule has 4 aromatic carbocycles. The molecule has 0 fully saturated rings. The number of hydrogen-bond donors (Lipinski definition) is 2. The zero-order chi connectivity index (χ0) is 44.6. The van der Waals surface area contributed by atoms with Crippen LogP contribution in [-0.2, 0) is 32.0 Å². The Kier molecular flexibility index (Phi) is 22.9. The molecular weight excluding hydrogens is 1090 g/mol. The van der Waals surface area contributed by atoms with E-state index in [1.807, 2.05) is 55.5 Å². The molecule has 1 amide bonds. The van der Waals surface area contributed by atoms with Gasteiger partial charge in [-0.15, -0.1) is 11.6 Å². The van der Waals surface area contributed by atoms with Crippen molar-refractivity contribution < 1.29 is 38.5 Å². The molecule has 3 aliphatic rings. The molecule has 4 aromatic rings. The summed E-state index contributed by atoms with van der Waals surface area (Å²) in [4.78, 5) is 43.5. The Balaban J connectivity index is 0.000000255. The van der Waals surface area contributed by atoms with Crippen LogP contribution in [0.15, 0.2) is 90.7 Å². The minimum absolute atomic E-state index is 0.0441. The van der Waals surface area contributed by atoms with Crippen molar-refractivity contribution in [1.29, 1.82) is 0 Å². The summed E-state index contributed by atoms with van der Waals surface area (Å²) in [6.45, 7) is 10.9. The minimum Gasteiger partial charge on any atom is -0.506 e. The highest BCUT2D eigenvalue weighted by molar-refractivity contribution is 9.11. The second-order valence-corrected chi connectivity index (χ2v) is 18.4. The molecule has 10 nitrogen and oxygen atoms in total. The van der Waals surface area contributed by atoms with E-state index in [0.29, 0.717) is 24.8 Å². The van der Waals surface area contributed by atoms with Crippen LogP contribution in [0.2, 0.25) is 0 Å². The van der Waals surface area contributed by atoms with Gasteiger partial charge in [0.25, 0.3) is 0 Å². The number of rotatable bonds is 1. The molecule has 3 N–H and O–H groups in total. The number of nitrogen functional groups attached to an aromatic ring is 1. The molecule has 0 radical (unpaired) electrons. The molecule has 7 rings (SSSR count). The topological polar surface area (TPSA) is 145 Å². The number of amides is 1. The zero-order valence-corrected chi connectivity index (χ0v) is 41.7. The van der Waals surface area contributed by atoms with Crippen LogP contribution in [0.25, 0.3) is 0 Å². The van der Waals surface area contributed by atoms with Crippen LogP contribution in [-0.4, -0.2) is 57.5 Å². The van der Waals surface area contributed by atoms with Gasteiger partial charge in [0.15, 0.2) is 11.9 Å². The van der Waals surface area contributed by atoms with E-state index in [-0.39, 0.29) is 34.9 Å². The number of carbonyl (C=O) groups excluding carboxylic acids is 4. The Morgan fingerprint density at radius 3 is 1.73 bits per heavy atom. The van der Waals surface area contributed by atoms with Gasteiger partial charge in [-0.3, -0.25) is 19.2 Å². The molecule has 0 aromatic heterocycles. The van der Waals surface area contributed by atoms with E-state index >= 15 is 0 Å². The minimum atomic E-state index is -0.549. The third kappa shape index (κ3) is 19.2. The van der Waals surface area contributed by atoms with Gasteiger partial charge in [-0.25, -0.2) is 0 Å². The number of nitrogens with zero attached hydrogens (tertiary/aromatic N) is 1. The van der Waals surface area contributed by atoms with Gasteiger partial charge < -0.3 is 30.0 Å². The highest BCUT2D eigenvalue weighted by Gasteiger charge is 2.26. The molecule has 4 unspecified atom stereocenters. The monoisotopic (exact) mass is 1130 g/mol. The third-order valence-electron chi connectivity index (χ3n) is 7.98. The molecular formula is C42H45Br4Cl3N2O8. The number of benzene rings is 4. The van der Waals surface area contributed by atoms with Crippen molar-refractivity contribution in [2.24, 2.45) is 0 Å². The van der Waals surface area contributed by atoms with E-state index in [1.165, 1.54) is 19.4 Å². The third-order valence-corrected chi connectivity index (χ3v) is 10.6. The number of hydrogen-bond acceptors (Lipinski definition) is 9. The van der Waals surface area contributed by atoms with Gasteiger partial charge in [0.1, 0.15) is 34.5 Å². The molecule has 3 heterocycles. The van der Waals surface area contributed by atoms with Crippen LogP contribution < -0.4 is 24.8 Å². The van der Waals surface area contributed by atoms with E-state index < -0.39 is 10.6 Å². The van der Waals surface area contributed by atoms with Gasteiger partial charge >= 0.3 is 0 Å². The molecule has 0 saturated carbocycles. The van der Waals surface area contributed by atoms with Crippen LogP contribution in [0.5, 0.6) is 23.0 Å². The quantitative estimate of drug-likeness (QED) is 0.0823. The number of fused-ring (bicyclic) bond motifs is 3. The van der Waals surface area contributed by atoms with Crippen LogP contribution >= 0.6 is 98.5 Å². The SMILES string of the molecule is CC(=O)Cl.CC(=O)N1CC(C)Oc2ccc(Br)cc21.CC(Cl)C(=O)Cl.CC1CCc2cc(Br)ccc2O1.CC1Oc2ccc(Br)cc2CC1=O.Nc1cc(Br)ccc1O. The number of anilines is 2. The lowest BCUT2D eigenvalue weighted by Gasteiger charge is -2.32. The first-order chi connectivity index (χ1) is 27.6. The fourth-order valence-electron chi connectivity index (χ4n) is 5.12. The molecule has 4 atom stereocenters. The first-order valence-corrected chi connectivity index (χ1v) is 22.3. The van der Waals surface area contributed by atoms with Crippen LogP contribution in [0.4, 0.5) is 11.4 Å². The Hall–Kier alpha value is -2.85. The van der Waals surface area contributed by atoms with Crippen LogP contribution in [0, 0.1) is 0 Å². The maximum Gasteiger partial charge on any atom is 0.239 e. The van der Waals surface area contributed by atoms with Crippen molar-refractivity contribution in [3.05, 3.63) is 102 Å². The lowest BCUT2D eigenvalue weighted by molar-refractivity contribution is -0.125. The molecule has 0 spiro atoms. The summed E-state index contributed by atoms with van der Waals surface area (Å²) in [5.41, 5.74) is 8.87. The molecule has 0 saturated heterocycles. The van der Waals surface area contributed by atoms with E-state index in [1.54, 1.807) is 36.9 Å². The molecule has 0 aliphatic carbocycles. The smallest absolute Gasteiger partial charge is 0.239 e. The van der Waals surface area contributed by atoms with Gasteiger partial charge in [0.05, 0.1) is 24.0 Å². The largest absolute Gasteiger partial charge is 0.506 e. The number of Topliss-reactive ketones (excluding diaryl/α,β-unsaturated/α-hetero) is 1. The fourth-order valence-corrected chi connectivity index (χ4v) is 6.66. The van der Waals surface area contributed by atoms with Gasteiger partial charge in [0, 0.05) is 43.7 Å². The number of phenols is 1. The number of alkyl halides is 1. The van der Waals surface area contributed by atoms with Gasteiger partial charge in [0.2, 0.25) is 16.4 Å². The van der Waals surface area contributed by atoms with Crippen LogP contribution in [0.3, 0.4) is 0 Å². The van der Waals surface area contributed by atoms with E-state index in [2.05, 4.69) is 88.3 Å². The Morgan fingerprint density at radius 1 is 0.763 bits per heavy atom. The summed E-state index contributed by atoms with van der Waals surface area (Å²) in [6, 6.07) is 22.6. The van der Waals surface area contributed by atoms with E-state index in [4.69, 9.17) is 48.3 Å². The first kappa shape index (κ1) is 52.3. The molecule has 59 heavy (non-hydrogen) atoms. The Labute approximate surface area is 393 Å². The average Bonchev–Trinajstić information content (AvgIpc) is 3.14. The summed E-state index contributed by atoms with van der Waals surface area (Å²) in [5.74, 6) is 2.97. The van der Waals surface area contributed by atoms with E-state index in [9.17, 15) is 19.2 Å². The maximum atomic E-state index is 11.5. The van der Waals surface area contributed by atoms with Crippen molar-refractivity contribution in [3.8, 4) is 23.0 Å². The van der Waals surface area contributed by atoms with Gasteiger partial charge in [-0.05, 0) is 142 Å². The number of nitrogens with two attached hydrogens (primary N) is 1. The summed E-state index contributed by atoms with van der Waals surface area (Å²) >= 11 is 28.0. The summed E-state index contributed by atoms with van der Waals surface area (Å²) in [5, 5.41) is 7.48. The zero-order valence-electron chi connectivity index (χ0n) is 33.0.